The zero-order valence-electron chi connectivity index (χ0n) is 12.6. The second-order valence-electron chi connectivity index (χ2n) is 4.74. The number of aliphatic imine (C=N–C) groups is 1. The van der Waals surface area contributed by atoms with Crippen molar-refractivity contribution in [1.82, 2.24) is 19.5 Å². The Labute approximate surface area is 129 Å². The van der Waals surface area contributed by atoms with Crippen molar-refractivity contribution in [2.24, 2.45) is 10.7 Å². The average Bonchev–Trinajstić information content (AvgIpc) is 2.87. The lowest BCUT2D eigenvalue weighted by Crippen LogP contribution is -2.22. The van der Waals surface area contributed by atoms with Crippen molar-refractivity contribution in [3.63, 3.8) is 0 Å². The van der Waals surface area contributed by atoms with Crippen LogP contribution in [-0.2, 0) is 9.92 Å². The predicted molar refractivity (Wildman–Crippen MR) is 87.1 cm³/mol. The Morgan fingerprint density at radius 1 is 1.45 bits per heavy atom. The summed E-state index contributed by atoms with van der Waals surface area (Å²) in [5.41, 5.74) is 6.90. The van der Waals surface area contributed by atoms with Gasteiger partial charge in [0.05, 0.1) is 11.9 Å². The number of hydrogen-bond donors (Lipinski definition) is 3. The average molecular weight is 324 g/mol. The zero-order valence-corrected chi connectivity index (χ0v) is 13.4. The highest BCUT2D eigenvalue weighted by Crippen LogP contribution is 2.12. The summed E-state index contributed by atoms with van der Waals surface area (Å²) in [7, 11) is -2.93. The standard InChI is InChI=1S/C12H20N8OS/c1-3-5-15-11(13)20-8-17-10-9(20)7-16-12(18-10)19-22(14,21)6-4-2/h7-8H,3-6H2,1-2H3,(H2,13,15)(H2,14,16,18,19,21). The van der Waals surface area contributed by atoms with Gasteiger partial charge < -0.3 is 5.73 Å². The molecule has 1 unspecified atom stereocenters. The van der Waals surface area contributed by atoms with Crippen LogP contribution in [0.4, 0.5) is 5.95 Å². The Hall–Kier alpha value is -2.23. The number of imidazole rings is 1. The van der Waals surface area contributed by atoms with Gasteiger partial charge in [-0.1, -0.05) is 13.8 Å². The molecule has 120 valence electrons. The topological polar surface area (TPSA) is 135 Å². The molecule has 4 N–H and O–H groups in total. The van der Waals surface area contributed by atoms with Gasteiger partial charge in [0.15, 0.2) is 5.65 Å². The van der Waals surface area contributed by atoms with E-state index in [0.717, 1.165) is 6.42 Å². The van der Waals surface area contributed by atoms with E-state index in [2.05, 4.69) is 24.7 Å². The van der Waals surface area contributed by atoms with Gasteiger partial charge >= 0.3 is 0 Å². The number of fused-ring (bicyclic) bond motifs is 1. The number of nitrogens with two attached hydrogens (primary N) is 1. The highest BCUT2D eigenvalue weighted by atomic mass is 32.2. The number of rotatable bonds is 6. The molecule has 2 aromatic rings. The van der Waals surface area contributed by atoms with Crippen LogP contribution in [0.15, 0.2) is 17.5 Å². The molecule has 10 heteroatoms. The van der Waals surface area contributed by atoms with Crippen LogP contribution >= 0.6 is 0 Å². The van der Waals surface area contributed by atoms with Crippen LogP contribution < -0.4 is 10.5 Å². The molecule has 0 aromatic carbocycles. The monoisotopic (exact) mass is 324 g/mol. The van der Waals surface area contributed by atoms with Gasteiger partial charge in [0, 0.05) is 6.54 Å². The first-order valence-corrected chi connectivity index (χ1v) is 8.74. The molecule has 0 aliphatic carbocycles. The van der Waals surface area contributed by atoms with Gasteiger partial charge in [-0.25, -0.2) is 19.0 Å². The molecule has 2 heterocycles. The number of anilines is 1. The number of aromatic nitrogens is 4. The Kier molecular flexibility index (Phi) is 4.91. The normalized spacial score (nSPS) is 14.9. The molecule has 0 radical (unpaired) electrons. The molecule has 2 rings (SSSR count). The smallest absolute Gasteiger partial charge is 0.237 e. The van der Waals surface area contributed by atoms with Crippen LogP contribution in [-0.4, -0.2) is 42.0 Å². The maximum absolute atomic E-state index is 11.9. The van der Waals surface area contributed by atoms with Crippen molar-refractivity contribution < 1.29 is 4.21 Å². The molecule has 9 nitrogen and oxygen atoms in total. The number of nitrogens with zero attached hydrogens (tertiary/aromatic N) is 5. The van der Waals surface area contributed by atoms with Crippen molar-refractivity contribution in [2.75, 3.05) is 17.0 Å². The van der Waals surface area contributed by atoms with E-state index in [4.69, 9.17) is 10.5 Å². The van der Waals surface area contributed by atoms with E-state index in [1.165, 1.54) is 12.5 Å². The fraction of sp³-hybridized carbons (Fsp3) is 0.500. The lowest BCUT2D eigenvalue weighted by Gasteiger charge is -2.08. The highest BCUT2D eigenvalue weighted by molar-refractivity contribution is 7.93. The van der Waals surface area contributed by atoms with Gasteiger partial charge in [-0.2, -0.15) is 4.98 Å². The molecule has 2 aromatic heterocycles. The van der Waals surface area contributed by atoms with Crippen LogP contribution in [0.3, 0.4) is 0 Å². The fourth-order valence-electron chi connectivity index (χ4n) is 1.83. The van der Waals surface area contributed by atoms with Gasteiger partial charge in [0.25, 0.3) is 0 Å². The number of nitrogens with one attached hydrogen (secondary N) is 2. The summed E-state index contributed by atoms with van der Waals surface area (Å²) >= 11 is 0. The third-order valence-electron chi connectivity index (χ3n) is 2.80. The van der Waals surface area contributed by atoms with Crippen LogP contribution in [0.1, 0.15) is 26.7 Å². The maximum Gasteiger partial charge on any atom is 0.237 e. The minimum Gasteiger partial charge on any atom is -0.369 e. The van der Waals surface area contributed by atoms with Crippen LogP contribution in [0.5, 0.6) is 0 Å². The summed E-state index contributed by atoms with van der Waals surface area (Å²) in [6.45, 7) is 4.50. The third-order valence-corrected chi connectivity index (χ3v) is 4.29. The molecule has 0 saturated heterocycles. The van der Waals surface area contributed by atoms with Crippen molar-refractivity contribution in [1.29, 1.82) is 4.78 Å². The molecule has 0 saturated carbocycles. The van der Waals surface area contributed by atoms with Crippen LogP contribution in [0, 0.1) is 4.78 Å². The quantitative estimate of drug-likeness (QED) is 0.541. The van der Waals surface area contributed by atoms with Gasteiger partial charge in [-0.3, -0.25) is 14.3 Å². The first-order valence-electron chi connectivity index (χ1n) is 7.01. The van der Waals surface area contributed by atoms with E-state index in [-0.39, 0.29) is 11.7 Å². The molecular formula is C12H20N8OS. The fourth-order valence-corrected chi connectivity index (χ4v) is 2.90. The minimum atomic E-state index is -2.93. The SMILES string of the molecule is CCCN=C(N)n1cnc2nc(NS(=N)(=O)CCC)ncc21. The summed E-state index contributed by atoms with van der Waals surface area (Å²) in [4.78, 5) is 16.6. The zero-order chi connectivity index (χ0) is 16.2. The molecule has 0 spiro atoms. The number of hydrogen-bond acceptors (Lipinski definition) is 6. The molecule has 0 aliphatic heterocycles. The summed E-state index contributed by atoms with van der Waals surface area (Å²) in [6, 6.07) is 0. The van der Waals surface area contributed by atoms with Gasteiger partial charge in [-0.15, -0.1) is 0 Å². The van der Waals surface area contributed by atoms with E-state index in [1.54, 1.807) is 4.57 Å². The van der Waals surface area contributed by atoms with Gasteiger partial charge in [0.2, 0.25) is 11.9 Å². The Morgan fingerprint density at radius 3 is 2.91 bits per heavy atom. The lowest BCUT2D eigenvalue weighted by molar-refractivity contribution is 0.676. The molecular weight excluding hydrogens is 304 g/mol. The predicted octanol–water partition coefficient (Wildman–Crippen LogP) is 1.18. The Morgan fingerprint density at radius 2 is 2.23 bits per heavy atom. The van der Waals surface area contributed by atoms with E-state index >= 15 is 0 Å². The second kappa shape index (κ2) is 6.69. The van der Waals surface area contributed by atoms with E-state index in [9.17, 15) is 4.21 Å². The van der Waals surface area contributed by atoms with Gasteiger partial charge in [-0.05, 0) is 12.8 Å². The molecule has 0 aliphatic rings. The minimum absolute atomic E-state index is 0.121. The summed E-state index contributed by atoms with van der Waals surface area (Å²) in [6.07, 6.45) is 4.57. The van der Waals surface area contributed by atoms with E-state index < -0.39 is 9.92 Å². The van der Waals surface area contributed by atoms with E-state index in [1.807, 2.05) is 13.8 Å². The van der Waals surface area contributed by atoms with Gasteiger partial charge in [0.1, 0.15) is 21.8 Å². The van der Waals surface area contributed by atoms with Crippen molar-refractivity contribution in [2.45, 2.75) is 26.7 Å². The molecule has 22 heavy (non-hydrogen) atoms. The Bertz CT molecular complexity index is 780. The molecule has 0 amide bonds. The highest BCUT2D eigenvalue weighted by Gasteiger charge is 2.11. The first-order chi connectivity index (χ1) is 10.5. The largest absolute Gasteiger partial charge is 0.369 e. The lowest BCUT2D eigenvalue weighted by atomic mass is 10.5. The summed E-state index contributed by atoms with van der Waals surface area (Å²) < 4.78 is 23.8. The second-order valence-corrected chi connectivity index (χ2v) is 6.70. The van der Waals surface area contributed by atoms with Crippen LogP contribution in [0.25, 0.3) is 11.2 Å². The summed E-state index contributed by atoms with van der Waals surface area (Å²) in [5, 5.41) is 0. The van der Waals surface area contributed by atoms with Crippen molar-refractivity contribution in [3.05, 3.63) is 12.5 Å². The van der Waals surface area contributed by atoms with Crippen molar-refractivity contribution in [3.8, 4) is 0 Å². The van der Waals surface area contributed by atoms with E-state index in [0.29, 0.717) is 30.1 Å². The molecule has 0 fully saturated rings. The van der Waals surface area contributed by atoms with Crippen LogP contribution in [0.2, 0.25) is 0 Å². The Balaban J connectivity index is 2.30. The first kappa shape index (κ1) is 16.1. The molecule has 1 atom stereocenters. The summed E-state index contributed by atoms with van der Waals surface area (Å²) in [5.74, 6) is 0.679. The maximum atomic E-state index is 11.9. The van der Waals surface area contributed by atoms with Crippen molar-refractivity contribution >= 4 is 33.0 Å². The molecule has 0 bridgehead atoms. The third kappa shape index (κ3) is 3.70.